The summed E-state index contributed by atoms with van der Waals surface area (Å²) in [6, 6.07) is 9.79. The molecule has 0 amide bonds. The Labute approximate surface area is 65.7 Å². The summed E-state index contributed by atoms with van der Waals surface area (Å²) in [4.78, 5) is 2.25. The second-order valence-corrected chi connectivity index (χ2v) is 2.65. The minimum atomic E-state index is 0.732. The van der Waals surface area contributed by atoms with Gasteiger partial charge in [0.25, 0.3) is 0 Å². The lowest BCUT2D eigenvalue weighted by molar-refractivity contribution is 1.38. The molecule has 54 valence electrons. The van der Waals surface area contributed by atoms with Crippen LogP contribution in [-0.4, -0.2) is 13.1 Å². The van der Waals surface area contributed by atoms with Gasteiger partial charge >= 0.3 is 0 Å². The molecular formula is C9H8N2. The summed E-state index contributed by atoms with van der Waals surface area (Å²) >= 11 is 0. The predicted octanol–water partition coefficient (Wildman–Crippen LogP) is 1.38. The van der Waals surface area contributed by atoms with Gasteiger partial charge in [-0.15, -0.1) is 0 Å². The van der Waals surface area contributed by atoms with Gasteiger partial charge in [-0.2, -0.15) is 5.26 Å². The molecule has 11 heavy (non-hydrogen) atoms. The summed E-state index contributed by atoms with van der Waals surface area (Å²) in [5.74, 6) is 0. The van der Waals surface area contributed by atoms with E-state index in [1.807, 2.05) is 24.3 Å². The second-order valence-electron chi connectivity index (χ2n) is 2.65. The van der Waals surface area contributed by atoms with Gasteiger partial charge in [-0.05, 0) is 24.3 Å². The molecule has 0 bridgehead atoms. The third kappa shape index (κ3) is 1.18. The molecule has 0 unspecified atom stereocenters. The first kappa shape index (κ1) is 6.23. The Bertz CT molecular complexity index is 290. The molecule has 1 aliphatic heterocycles. The van der Waals surface area contributed by atoms with E-state index >= 15 is 0 Å². The van der Waals surface area contributed by atoms with Crippen molar-refractivity contribution in [1.29, 1.82) is 5.26 Å². The quantitative estimate of drug-likeness (QED) is 0.557. The van der Waals surface area contributed by atoms with Crippen molar-refractivity contribution in [3.8, 4) is 6.07 Å². The van der Waals surface area contributed by atoms with E-state index in [4.69, 9.17) is 5.26 Å². The predicted molar refractivity (Wildman–Crippen MR) is 43.4 cm³/mol. The monoisotopic (exact) mass is 144 g/mol. The zero-order valence-electron chi connectivity index (χ0n) is 6.12. The SMILES string of the molecule is N#Cc1ccc(N2CC2)cc1. The van der Waals surface area contributed by atoms with E-state index < -0.39 is 0 Å². The van der Waals surface area contributed by atoms with Gasteiger partial charge in [0, 0.05) is 18.8 Å². The maximum atomic E-state index is 8.52. The van der Waals surface area contributed by atoms with Crippen LogP contribution in [0.25, 0.3) is 0 Å². The first-order chi connectivity index (χ1) is 5.40. The van der Waals surface area contributed by atoms with Gasteiger partial charge < -0.3 is 4.90 Å². The van der Waals surface area contributed by atoms with Gasteiger partial charge in [0.15, 0.2) is 0 Å². The molecule has 2 nitrogen and oxygen atoms in total. The highest BCUT2D eigenvalue weighted by molar-refractivity contribution is 5.53. The van der Waals surface area contributed by atoms with Crippen LogP contribution in [-0.2, 0) is 0 Å². The van der Waals surface area contributed by atoms with E-state index in [9.17, 15) is 0 Å². The van der Waals surface area contributed by atoms with Crippen molar-refractivity contribution in [3.05, 3.63) is 29.8 Å². The molecule has 1 heterocycles. The van der Waals surface area contributed by atoms with E-state index in [0.717, 1.165) is 18.7 Å². The number of nitriles is 1. The van der Waals surface area contributed by atoms with Gasteiger partial charge in [0.2, 0.25) is 0 Å². The number of hydrogen-bond donors (Lipinski definition) is 0. The number of rotatable bonds is 1. The van der Waals surface area contributed by atoms with Crippen molar-refractivity contribution in [2.24, 2.45) is 0 Å². The van der Waals surface area contributed by atoms with Crippen molar-refractivity contribution >= 4 is 5.69 Å². The lowest BCUT2D eigenvalue weighted by Gasteiger charge is -1.99. The highest BCUT2D eigenvalue weighted by Gasteiger charge is 2.16. The second kappa shape index (κ2) is 2.28. The molecule has 0 spiro atoms. The van der Waals surface area contributed by atoms with Gasteiger partial charge in [0.05, 0.1) is 11.6 Å². The minimum Gasteiger partial charge on any atom is -0.368 e. The minimum absolute atomic E-state index is 0.732. The summed E-state index contributed by atoms with van der Waals surface area (Å²) < 4.78 is 0. The van der Waals surface area contributed by atoms with Crippen LogP contribution in [0.4, 0.5) is 5.69 Å². The molecule has 0 radical (unpaired) electrons. The smallest absolute Gasteiger partial charge is 0.0991 e. The molecule has 0 N–H and O–H groups in total. The molecule has 1 saturated heterocycles. The maximum absolute atomic E-state index is 8.52. The average Bonchev–Trinajstić information content (AvgIpc) is 2.87. The molecule has 0 saturated carbocycles. The van der Waals surface area contributed by atoms with Gasteiger partial charge in [0.1, 0.15) is 0 Å². The fourth-order valence-electron chi connectivity index (χ4n) is 1.05. The van der Waals surface area contributed by atoms with E-state index in [1.165, 1.54) is 5.69 Å². The van der Waals surface area contributed by atoms with Crippen LogP contribution in [0.3, 0.4) is 0 Å². The van der Waals surface area contributed by atoms with Gasteiger partial charge in [-0.1, -0.05) is 0 Å². The van der Waals surface area contributed by atoms with Crippen LogP contribution in [0.5, 0.6) is 0 Å². The van der Waals surface area contributed by atoms with Crippen LogP contribution in [0.15, 0.2) is 24.3 Å². The van der Waals surface area contributed by atoms with Crippen LogP contribution < -0.4 is 4.90 Å². The summed E-state index contributed by atoms with van der Waals surface area (Å²) in [6.07, 6.45) is 0. The molecule has 1 aromatic carbocycles. The fourth-order valence-corrected chi connectivity index (χ4v) is 1.05. The number of benzene rings is 1. The molecule has 2 rings (SSSR count). The summed E-state index contributed by atoms with van der Waals surface area (Å²) in [5, 5.41) is 8.52. The molecule has 0 aromatic heterocycles. The van der Waals surface area contributed by atoms with Crippen molar-refractivity contribution in [3.63, 3.8) is 0 Å². The first-order valence-corrected chi connectivity index (χ1v) is 3.65. The average molecular weight is 144 g/mol. The molecular weight excluding hydrogens is 136 g/mol. The normalized spacial score (nSPS) is 14.3. The topological polar surface area (TPSA) is 26.8 Å². The van der Waals surface area contributed by atoms with Crippen LogP contribution in [0.2, 0.25) is 0 Å². The van der Waals surface area contributed by atoms with E-state index in [-0.39, 0.29) is 0 Å². The number of anilines is 1. The highest BCUT2D eigenvalue weighted by Crippen LogP contribution is 2.20. The lowest BCUT2D eigenvalue weighted by atomic mass is 10.2. The summed E-state index contributed by atoms with van der Waals surface area (Å²) in [6.45, 7) is 2.32. The molecule has 1 aliphatic rings. The molecule has 1 aromatic rings. The first-order valence-electron chi connectivity index (χ1n) is 3.65. The van der Waals surface area contributed by atoms with Crippen LogP contribution >= 0.6 is 0 Å². The molecule has 1 fully saturated rings. The van der Waals surface area contributed by atoms with Gasteiger partial charge in [-0.25, -0.2) is 0 Å². The molecule has 0 atom stereocenters. The number of hydrogen-bond acceptors (Lipinski definition) is 2. The Kier molecular flexibility index (Phi) is 1.29. The molecule has 0 aliphatic carbocycles. The third-order valence-electron chi connectivity index (χ3n) is 1.81. The van der Waals surface area contributed by atoms with Crippen molar-refractivity contribution in [1.82, 2.24) is 0 Å². The maximum Gasteiger partial charge on any atom is 0.0991 e. The van der Waals surface area contributed by atoms with Crippen LogP contribution in [0, 0.1) is 11.3 Å². The Morgan fingerprint density at radius 3 is 2.27 bits per heavy atom. The van der Waals surface area contributed by atoms with Crippen LogP contribution in [0.1, 0.15) is 5.56 Å². The standard InChI is InChI=1S/C9H8N2/c10-7-8-1-3-9(4-2-8)11-5-6-11/h1-4H,5-6H2. The van der Waals surface area contributed by atoms with E-state index in [2.05, 4.69) is 11.0 Å². The Hall–Kier alpha value is -1.49. The number of nitrogens with zero attached hydrogens (tertiary/aromatic N) is 2. The zero-order chi connectivity index (χ0) is 7.68. The largest absolute Gasteiger partial charge is 0.368 e. The zero-order valence-corrected chi connectivity index (χ0v) is 6.12. The van der Waals surface area contributed by atoms with Crippen molar-refractivity contribution in [2.75, 3.05) is 18.0 Å². The van der Waals surface area contributed by atoms with E-state index in [0.29, 0.717) is 0 Å². The third-order valence-corrected chi connectivity index (χ3v) is 1.81. The Balaban J connectivity index is 2.27. The Morgan fingerprint density at radius 1 is 1.18 bits per heavy atom. The van der Waals surface area contributed by atoms with Gasteiger partial charge in [-0.3, -0.25) is 0 Å². The van der Waals surface area contributed by atoms with Crippen molar-refractivity contribution < 1.29 is 0 Å². The highest BCUT2D eigenvalue weighted by atomic mass is 15.3. The van der Waals surface area contributed by atoms with E-state index in [1.54, 1.807) is 0 Å². The Morgan fingerprint density at radius 2 is 1.82 bits per heavy atom. The fraction of sp³-hybridized carbons (Fsp3) is 0.222. The lowest BCUT2D eigenvalue weighted by Crippen LogP contribution is -1.89. The molecule has 2 heteroatoms. The van der Waals surface area contributed by atoms with Crippen molar-refractivity contribution in [2.45, 2.75) is 0 Å². The summed E-state index contributed by atoms with van der Waals surface area (Å²) in [5.41, 5.74) is 1.96. The summed E-state index contributed by atoms with van der Waals surface area (Å²) in [7, 11) is 0.